The molecule has 0 spiro atoms. The van der Waals surface area contributed by atoms with Crippen molar-refractivity contribution in [2.75, 3.05) is 18.5 Å². The first kappa shape index (κ1) is 12.2. The number of aromatic nitrogens is 1. The maximum Gasteiger partial charge on any atom is 0.140 e. The molecule has 3 N–H and O–H groups in total. The smallest absolute Gasteiger partial charge is 0.140 e. The highest BCUT2D eigenvalue weighted by Gasteiger charge is 2.04. The monoisotopic (exact) mass is 244 g/mol. The molecule has 0 amide bonds. The van der Waals surface area contributed by atoms with E-state index in [4.69, 9.17) is 10.9 Å². The third kappa shape index (κ3) is 2.68. The van der Waals surface area contributed by atoms with Crippen LogP contribution in [0.15, 0.2) is 41.6 Å². The first-order valence-electron chi connectivity index (χ1n) is 5.74. The van der Waals surface area contributed by atoms with Gasteiger partial charge in [0.25, 0.3) is 0 Å². The summed E-state index contributed by atoms with van der Waals surface area (Å²) in [5.74, 6) is 1.10. The van der Waals surface area contributed by atoms with Crippen molar-refractivity contribution >= 4 is 22.6 Å². The third-order valence-corrected chi connectivity index (χ3v) is 2.81. The highest BCUT2D eigenvalue weighted by atomic mass is 16.4. The second-order valence-corrected chi connectivity index (χ2v) is 4.13. The first-order chi connectivity index (χ1) is 8.70. The van der Waals surface area contributed by atoms with Crippen molar-refractivity contribution in [2.45, 2.75) is 6.42 Å². The van der Waals surface area contributed by atoms with Crippen LogP contribution < -0.4 is 10.6 Å². The summed E-state index contributed by atoms with van der Waals surface area (Å²) < 4.78 is 0. The zero-order valence-electron chi connectivity index (χ0n) is 10.2. The molecular weight excluding hydrogens is 228 g/mol. The number of oxime groups is 1. The van der Waals surface area contributed by atoms with E-state index in [1.165, 1.54) is 0 Å². The minimum absolute atomic E-state index is 0.225. The quantitative estimate of drug-likeness (QED) is 0.372. The van der Waals surface area contributed by atoms with Crippen LogP contribution in [-0.4, -0.2) is 29.6 Å². The molecule has 0 fully saturated rings. The zero-order valence-corrected chi connectivity index (χ0v) is 10.2. The highest BCUT2D eigenvalue weighted by Crippen LogP contribution is 2.16. The molecule has 0 aliphatic carbocycles. The Labute approximate surface area is 106 Å². The number of para-hydroxylation sites is 1. The van der Waals surface area contributed by atoms with Crippen molar-refractivity contribution in [3.05, 3.63) is 36.4 Å². The lowest BCUT2D eigenvalue weighted by molar-refractivity contribution is 0.317. The Morgan fingerprint density at radius 2 is 2.11 bits per heavy atom. The van der Waals surface area contributed by atoms with E-state index < -0.39 is 0 Å². The van der Waals surface area contributed by atoms with Crippen LogP contribution in [0.5, 0.6) is 0 Å². The van der Waals surface area contributed by atoms with Gasteiger partial charge in [0.05, 0.1) is 5.52 Å². The summed E-state index contributed by atoms with van der Waals surface area (Å²) in [6.45, 7) is 0.654. The number of anilines is 1. The van der Waals surface area contributed by atoms with Gasteiger partial charge in [-0.05, 0) is 18.2 Å². The van der Waals surface area contributed by atoms with Gasteiger partial charge in [-0.25, -0.2) is 4.98 Å². The third-order valence-electron chi connectivity index (χ3n) is 2.81. The minimum atomic E-state index is 0.225. The van der Waals surface area contributed by atoms with E-state index in [0.29, 0.717) is 13.0 Å². The van der Waals surface area contributed by atoms with Crippen LogP contribution in [0.3, 0.4) is 0 Å². The lowest BCUT2D eigenvalue weighted by Crippen LogP contribution is -2.25. The molecule has 0 aliphatic heterocycles. The molecule has 0 atom stereocenters. The van der Waals surface area contributed by atoms with Gasteiger partial charge in [0, 0.05) is 25.4 Å². The van der Waals surface area contributed by atoms with Gasteiger partial charge in [0.2, 0.25) is 0 Å². The Kier molecular flexibility index (Phi) is 3.62. The number of benzene rings is 1. The van der Waals surface area contributed by atoms with E-state index in [0.717, 1.165) is 16.7 Å². The maximum atomic E-state index is 8.49. The van der Waals surface area contributed by atoms with Gasteiger partial charge in [-0.3, -0.25) is 0 Å². The van der Waals surface area contributed by atoms with Gasteiger partial charge < -0.3 is 15.8 Å². The van der Waals surface area contributed by atoms with Crippen molar-refractivity contribution in [1.29, 1.82) is 0 Å². The minimum Gasteiger partial charge on any atom is -0.409 e. The maximum absolute atomic E-state index is 8.49. The van der Waals surface area contributed by atoms with E-state index in [1.54, 1.807) is 0 Å². The second-order valence-electron chi connectivity index (χ2n) is 4.13. The summed E-state index contributed by atoms with van der Waals surface area (Å²) in [6, 6.07) is 12.0. The summed E-state index contributed by atoms with van der Waals surface area (Å²) >= 11 is 0. The molecule has 1 aromatic heterocycles. The molecule has 2 aromatic rings. The van der Waals surface area contributed by atoms with Crippen molar-refractivity contribution < 1.29 is 5.21 Å². The summed E-state index contributed by atoms with van der Waals surface area (Å²) in [4.78, 5) is 6.54. The first-order valence-corrected chi connectivity index (χ1v) is 5.74. The van der Waals surface area contributed by atoms with Gasteiger partial charge in [0.15, 0.2) is 0 Å². The van der Waals surface area contributed by atoms with E-state index in [9.17, 15) is 0 Å². The average molecular weight is 244 g/mol. The predicted molar refractivity (Wildman–Crippen MR) is 73.0 cm³/mol. The number of hydrogen-bond acceptors (Lipinski definition) is 4. The van der Waals surface area contributed by atoms with Crippen LogP contribution >= 0.6 is 0 Å². The molecule has 1 aromatic carbocycles. The lowest BCUT2D eigenvalue weighted by atomic mass is 10.2. The largest absolute Gasteiger partial charge is 0.409 e. The molecule has 5 nitrogen and oxygen atoms in total. The number of fused-ring (bicyclic) bond motifs is 1. The van der Waals surface area contributed by atoms with Crippen LogP contribution in [0, 0.1) is 0 Å². The number of nitrogens with two attached hydrogens (primary N) is 1. The van der Waals surface area contributed by atoms with E-state index in [-0.39, 0.29) is 5.84 Å². The fraction of sp³-hybridized carbons (Fsp3) is 0.231. The van der Waals surface area contributed by atoms with Gasteiger partial charge >= 0.3 is 0 Å². The molecule has 0 saturated carbocycles. The summed E-state index contributed by atoms with van der Waals surface area (Å²) in [7, 11) is 1.93. The number of pyridine rings is 1. The Balaban J connectivity index is 2.15. The molecule has 18 heavy (non-hydrogen) atoms. The van der Waals surface area contributed by atoms with E-state index >= 15 is 0 Å². The molecule has 1 heterocycles. The number of hydrogen-bond donors (Lipinski definition) is 2. The number of amidine groups is 1. The Hall–Kier alpha value is -2.30. The Morgan fingerprint density at radius 3 is 2.89 bits per heavy atom. The molecule has 0 aliphatic rings. The van der Waals surface area contributed by atoms with Crippen LogP contribution in [0.2, 0.25) is 0 Å². The summed E-state index contributed by atoms with van der Waals surface area (Å²) in [6.07, 6.45) is 0.501. The zero-order chi connectivity index (χ0) is 13.0. The fourth-order valence-corrected chi connectivity index (χ4v) is 1.71. The topological polar surface area (TPSA) is 74.7 Å². The molecule has 5 heteroatoms. The van der Waals surface area contributed by atoms with Crippen molar-refractivity contribution in [3.8, 4) is 0 Å². The SMILES string of the molecule is CN(CC/C(N)=N/O)c1ccc2ccccc2n1. The molecule has 0 unspecified atom stereocenters. The van der Waals surface area contributed by atoms with E-state index in [2.05, 4.69) is 10.1 Å². The summed E-state index contributed by atoms with van der Waals surface area (Å²) in [5.41, 5.74) is 6.41. The van der Waals surface area contributed by atoms with Crippen LogP contribution in [0.25, 0.3) is 10.9 Å². The van der Waals surface area contributed by atoms with Crippen LogP contribution in [-0.2, 0) is 0 Å². The molecule has 0 saturated heterocycles. The van der Waals surface area contributed by atoms with Crippen molar-refractivity contribution in [1.82, 2.24) is 4.98 Å². The Bertz CT molecular complexity index is 568. The average Bonchev–Trinajstić information content (AvgIpc) is 2.43. The standard InChI is InChI=1S/C13H16N4O/c1-17(9-8-12(14)16-18)13-7-6-10-4-2-3-5-11(10)15-13/h2-7,18H,8-9H2,1H3,(H2,14,16). The number of nitrogens with zero attached hydrogens (tertiary/aromatic N) is 3. The van der Waals surface area contributed by atoms with Crippen LogP contribution in [0.4, 0.5) is 5.82 Å². The molecule has 94 valence electrons. The highest BCUT2D eigenvalue weighted by molar-refractivity contribution is 5.81. The lowest BCUT2D eigenvalue weighted by Gasteiger charge is -2.18. The normalized spacial score (nSPS) is 11.7. The van der Waals surface area contributed by atoms with Gasteiger partial charge in [-0.15, -0.1) is 0 Å². The predicted octanol–water partition coefficient (Wildman–Crippen LogP) is 1.81. The van der Waals surface area contributed by atoms with Crippen molar-refractivity contribution in [2.24, 2.45) is 10.9 Å². The Morgan fingerprint density at radius 1 is 1.33 bits per heavy atom. The second kappa shape index (κ2) is 5.35. The van der Waals surface area contributed by atoms with Gasteiger partial charge in [0.1, 0.15) is 11.7 Å². The summed E-state index contributed by atoms with van der Waals surface area (Å²) in [5, 5.41) is 12.6. The van der Waals surface area contributed by atoms with Gasteiger partial charge in [-0.2, -0.15) is 0 Å². The molecule has 2 rings (SSSR count). The van der Waals surface area contributed by atoms with Gasteiger partial charge in [-0.1, -0.05) is 23.4 Å². The molecule has 0 radical (unpaired) electrons. The molecule has 0 bridgehead atoms. The van der Waals surface area contributed by atoms with E-state index in [1.807, 2.05) is 48.3 Å². The van der Waals surface area contributed by atoms with Crippen LogP contribution in [0.1, 0.15) is 6.42 Å². The number of rotatable bonds is 4. The van der Waals surface area contributed by atoms with Crippen molar-refractivity contribution in [3.63, 3.8) is 0 Å². The molecular formula is C13H16N4O. The fourth-order valence-electron chi connectivity index (χ4n) is 1.71.